The Labute approximate surface area is 121 Å². The van der Waals surface area contributed by atoms with E-state index in [0.717, 1.165) is 5.75 Å². The van der Waals surface area contributed by atoms with Crippen molar-refractivity contribution in [2.24, 2.45) is 5.92 Å². The molecule has 0 aliphatic carbocycles. The van der Waals surface area contributed by atoms with E-state index in [9.17, 15) is 9.90 Å². The van der Waals surface area contributed by atoms with E-state index in [2.05, 4.69) is 5.32 Å². The number of nitrogens with one attached hydrogen (secondary N) is 1. The first-order valence-corrected chi connectivity index (χ1v) is 7.07. The van der Waals surface area contributed by atoms with Crippen LogP contribution in [0, 0.1) is 5.92 Å². The summed E-state index contributed by atoms with van der Waals surface area (Å²) in [5, 5.41) is 12.9. The summed E-state index contributed by atoms with van der Waals surface area (Å²) in [7, 11) is 0. The predicted octanol–water partition coefficient (Wildman–Crippen LogP) is 2.61. The second kappa shape index (κ2) is 7.29. The van der Waals surface area contributed by atoms with Gasteiger partial charge in [-0.3, -0.25) is 4.79 Å². The fourth-order valence-corrected chi connectivity index (χ4v) is 2.19. The molecule has 0 aliphatic heterocycles. The zero-order valence-corrected chi connectivity index (χ0v) is 12.8. The molecule has 1 atom stereocenters. The monoisotopic (exact) mass is 279 g/mol. The Morgan fingerprint density at radius 1 is 1.35 bits per heavy atom. The van der Waals surface area contributed by atoms with Gasteiger partial charge >= 0.3 is 0 Å². The summed E-state index contributed by atoms with van der Waals surface area (Å²) >= 11 is 0. The summed E-state index contributed by atoms with van der Waals surface area (Å²) in [4.78, 5) is 12.0. The zero-order chi connectivity index (χ0) is 15.2. The SMILES string of the molecule is CCOc1ccc(C(=O)NCC(C)(O)CC(C)C)cc1. The molecule has 0 saturated heterocycles. The van der Waals surface area contributed by atoms with Gasteiger partial charge in [-0.1, -0.05) is 13.8 Å². The number of carbonyl (C=O) groups excluding carboxylic acids is 1. The van der Waals surface area contributed by atoms with Gasteiger partial charge in [0.15, 0.2) is 0 Å². The Bertz CT molecular complexity index is 424. The van der Waals surface area contributed by atoms with E-state index in [4.69, 9.17) is 4.74 Å². The third-order valence-corrected chi connectivity index (χ3v) is 2.91. The van der Waals surface area contributed by atoms with Crippen LogP contribution in [0.15, 0.2) is 24.3 Å². The van der Waals surface area contributed by atoms with Gasteiger partial charge in [0, 0.05) is 12.1 Å². The molecule has 0 heterocycles. The molecule has 0 aliphatic rings. The van der Waals surface area contributed by atoms with E-state index in [1.807, 2.05) is 20.8 Å². The molecule has 1 unspecified atom stereocenters. The van der Waals surface area contributed by atoms with Gasteiger partial charge in [-0.2, -0.15) is 0 Å². The normalized spacial score (nSPS) is 13.9. The first kappa shape index (κ1) is 16.5. The zero-order valence-electron chi connectivity index (χ0n) is 12.8. The third kappa shape index (κ3) is 5.61. The average molecular weight is 279 g/mol. The number of hydrogen-bond donors (Lipinski definition) is 2. The van der Waals surface area contributed by atoms with Crippen LogP contribution in [0.4, 0.5) is 0 Å². The predicted molar refractivity (Wildman–Crippen MR) is 80.0 cm³/mol. The van der Waals surface area contributed by atoms with Crippen molar-refractivity contribution in [1.29, 1.82) is 0 Å². The van der Waals surface area contributed by atoms with E-state index < -0.39 is 5.60 Å². The van der Waals surface area contributed by atoms with E-state index in [0.29, 0.717) is 24.5 Å². The Balaban J connectivity index is 2.54. The van der Waals surface area contributed by atoms with Crippen LogP contribution < -0.4 is 10.1 Å². The second-order valence-electron chi connectivity index (χ2n) is 5.73. The largest absolute Gasteiger partial charge is 0.494 e. The molecule has 112 valence electrons. The van der Waals surface area contributed by atoms with Gasteiger partial charge in [0.25, 0.3) is 5.91 Å². The summed E-state index contributed by atoms with van der Waals surface area (Å²) in [6.07, 6.45) is 0.649. The van der Waals surface area contributed by atoms with Crippen LogP contribution in [0.1, 0.15) is 44.5 Å². The van der Waals surface area contributed by atoms with E-state index >= 15 is 0 Å². The Morgan fingerprint density at radius 3 is 2.45 bits per heavy atom. The van der Waals surface area contributed by atoms with Crippen LogP contribution in [0.5, 0.6) is 5.75 Å². The minimum absolute atomic E-state index is 0.183. The molecule has 1 aromatic carbocycles. The summed E-state index contributed by atoms with van der Waals surface area (Å²) < 4.78 is 5.33. The highest BCUT2D eigenvalue weighted by atomic mass is 16.5. The fraction of sp³-hybridized carbons (Fsp3) is 0.562. The maximum absolute atomic E-state index is 12.0. The Morgan fingerprint density at radius 2 is 1.95 bits per heavy atom. The van der Waals surface area contributed by atoms with Gasteiger partial charge in [0.2, 0.25) is 0 Å². The van der Waals surface area contributed by atoms with E-state index in [1.54, 1.807) is 31.2 Å². The van der Waals surface area contributed by atoms with Gasteiger partial charge in [-0.05, 0) is 50.5 Å². The first-order valence-electron chi connectivity index (χ1n) is 7.07. The molecule has 0 bridgehead atoms. The number of rotatable bonds is 7. The first-order chi connectivity index (χ1) is 9.34. The molecule has 1 aromatic rings. The molecular weight excluding hydrogens is 254 g/mol. The average Bonchev–Trinajstić information content (AvgIpc) is 2.36. The molecule has 0 fully saturated rings. The number of aliphatic hydroxyl groups is 1. The number of amides is 1. The van der Waals surface area contributed by atoms with Gasteiger partial charge in [-0.25, -0.2) is 0 Å². The standard InChI is InChI=1S/C16H25NO3/c1-5-20-14-8-6-13(7-9-14)15(18)17-11-16(4,19)10-12(2)3/h6-9,12,19H,5,10-11H2,1-4H3,(H,17,18). The van der Waals surface area contributed by atoms with Crippen molar-refractivity contribution in [3.8, 4) is 5.75 Å². The molecule has 1 rings (SSSR count). The van der Waals surface area contributed by atoms with Crippen LogP contribution in [-0.2, 0) is 0 Å². The van der Waals surface area contributed by atoms with Crippen LogP contribution in [0.3, 0.4) is 0 Å². The van der Waals surface area contributed by atoms with Crippen molar-refractivity contribution in [3.63, 3.8) is 0 Å². The fourth-order valence-electron chi connectivity index (χ4n) is 2.19. The van der Waals surface area contributed by atoms with E-state index in [-0.39, 0.29) is 12.5 Å². The lowest BCUT2D eigenvalue weighted by Crippen LogP contribution is -2.41. The van der Waals surface area contributed by atoms with Crippen molar-refractivity contribution in [3.05, 3.63) is 29.8 Å². The Hall–Kier alpha value is -1.55. The number of benzene rings is 1. The van der Waals surface area contributed by atoms with Crippen molar-refractivity contribution in [2.75, 3.05) is 13.2 Å². The third-order valence-electron chi connectivity index (χ3n) is 2.91. The van der Waals surface area contributed by atoms with Crippen molar-refractivity contribution in [1.82, 2.24) is 5.32 Å². The molecule has 1 amide bonds. The maximum atomic E-state index is 12.0. The minimum atomic E-state index is -0.880. The van der Waals surface area contributed by atoms with Crippen molar-refractivity contribution in [2.45, 2.75) is 39.7 Å². The summed E-state index contributed by atoms with van der Waals surface area (Å²) in [5.41, 5.74) is -0.316. The lowest BCUT2D eigenvalue weighted by atomic mass is 9.94. The van der Waals surface area contributed by atoms with Crippen molar-refractivity contribution >= 4 is 5.91 Å². The topological polar surface area (TPSA) is 58.6 Å². The summed E-state index contributed by atoms with van der Waals surface area (Å²) in [6.45, 7) is 8.59. The van der Waals surface area contributed by atoms with Gasteiger partial charge in [-0.15, -0.1) is 0 Å². The number of carbonyl (C=O) groups is 1. The van der Waals surface area contributed by atoms with Crippen LogP contribution in [0.2, 0.25) is 0 Å². The summed E-state index contributed by atoms with van der Waals surface area (Å²) in [5.74, 6) is 0.945. The Kier molecular flexibility index (Phi) is 6.02. The smallest absolute Gasteiger partial charge is 0.251 e. The summed E-state index contributed by atoms with van der Waals surface area (Å²) in [6, 6.07) is 6.98. The molecule has 20 heavy (non-hydrogen) atoms. The van der Waals surface area contributed by atoms with Crippen molar-refractivity contribution < 1.29 is 14.6 Å². The van der Waals surface area contributed by atoms with Crippen LogP contribution in [-0.4, -0.2) is 29.8 Å². The van der Waals surface area contributed by atoms with Crippen LogP contribution in [0.25, 0.3) is 0 Å². The number of ether oxygens (including phenoxy) is 1. The molecule has 4 nitrogen and oxygen atoms in total. The highest BCUT2D eigenvalue weighted by Crippen LogP contribution is 2.16. The minimum Gasteiger partial charge on any atom is -0.494 e. The molecule has 0 aromatic heterocycles. The van der Waals surface area contributed by atoms with Gasteiger partial charge < -0.3 is 15.2 Å². The number of hydrogen-bond acceptors (Lipinski definition) is 3. The highest BCUT2D eigenvalue weighted by Gasteiger charge is 2.22. The molecule has 0 radical (unpaired) electrons. The molecule has 2 N–H and O–H groups in total. The quantitative estimate of drug-likeness (QED) is 0.806. The molecule has 0 saturated carbocycles. The lowest BCUT2D eigenvalue weighted by molar-refractivity contribution is 0.0368. The maximum Gasteiger partial charge on any atom is 0.251 e. The highest BCUT2D eigenvalue weighted by molar-refractivity contribution is 5.94. The second-order valence-corrected chi connectivity index (χ2v) is 5.73. The lowest BCUT2D eigenvalue weighted by Gasteiger charge is -2.25. The van der Waals surface area contributed by atoms with Crippen LogP contribution >= 0.6 is 0 Å². The van der Waals surface area contributed by atoms with Gasteiger partial charge in [0.1, 0.15) is 5.75 Å². The molecule has 4 heteroatoms. The van der Waals surface area contributed by atoms with Gasteiger partial charge in [0.05, 0.1) is 12.2 Å². The molecule has 0 spiro atoms. The molecular formula is C16H25NO3. The van der Waals surface area contributed by atoms with E-state index in [1.165, 1.54) is 0 Å².